The predicted molar refractivity (Wildman–Crippen MR) is 132 cm³/mol. The molecule has 31 heavy (non-hydrogen) atoms. The van der Waals surface area contributed by atoms with Gasteiger partial charge in [-0.3, -0.25) is 4.90 Å². The van der Waals surface area contributed by atoms with E-state index in [9.17, 15) is 0 Å². The molecule has 0 saturated heterocycles. The Morgan fingerprint density at radius 2 is 1.74 bits per heavy atom. The quantitative estimate of drug-likeness (QED) is 0.414. The van der Waals surface area contributed by atoms with E-state index in [0.29, 0.717) is 5.56 Å². The van der Waals surface area contributed by atoms with Gasteiger partial charge in [-0.05, 0) is 53.9 Å². The van der Waals surface area contributed by atoms with Crippen LogP contribution in [0.3, 0.4) is 0 Å². The number of fused-ring (bicyclic) bond motifs is 1. The van der Waals surface area contributed by atoms with Crippen molar-refractivity contribution in [2.24, 2.45) is 0 Å². The van der Waals surface area contributed by atoms with Gasteiger partial charge in [0, 0.05) is 43.3 Å². The van der Waals surface area contributed by atoms with Crippen LogP contribution in [0.15, 0.2) is 54.7 Å². The maximum Gasteiger partial charge on any atom is 0.192 e. The van der Waals surface area contributed by atoms with Crippen molar-refractivity contribution in [3.8, 4) is 6.07 Å². The Labute approximate surface area is 188 Å². The van der Waals surface area contributed by atoms with Crippen LogP contribution in [0.1, 0.15) is 37.5 Å². The third-order valence-electron chi connectivity index (χ3n) is 6.54. The molecule has 0 radical (unpaired) electrons. The molecule has 5 heteroatoms. The summed E-state index contributed by atoms with van der Waals surface area (Å²) in [6.45, 7) is 14.9. The molecule has 2 aromatic carbocycles. The molecule has 4 nitrogen and oxygen atoms in total. The molecular formula is C26H35N3OSi. The molecular weight excluding hydrogens is 398 g/mol. The van der Waals surface area contributed by atoms with Gasteiger partial charge in [0.05, 0.1) is 11.6 Å². The Hall–Kier alpha value is -2.39. The minimum Gasteiger partial charge on any atom is -0.416 e. The molecule has 1 N–H and O–H groups in total. The standard InChI is InChI=1S/C26H35N3OSi/c1-26(2,3)31(4,5)30-17-16-29(20-22-12-10-21(18-27)11-13-22)15-14-23-19-28-25-9-7-6-8-24(23)25/h6-13,19,28H,14-17,20H2,1-5H3. The maximum atomic E-state index is 9.07. The number of nitrogens with zero attached hydrogens (tertiary/aromatic N) is 2. The van der Waals surface area contributed by atoms with E-state index in [2.05, 4.69) is 92.4 Å². The summed E-state index contributed by atoms with van der Waals surface area (Å²) in [6.07, 6.45) is 3.12. The summed E-state index contributed by atoms with van der Waals surface area (Å²) in [7, 11) is -1.76. The van der Waals surface area contributed by atoms with Gasteiger partial charge in [0.25, 0.3) is 0 Å². The highest BCUT2D eigenvalue weighted by Crippen LogP contribution is 2.36. The molecule has 0 bridgehead atoms. The van der Waals surface area contributed by atoms with Crippen LogP contribution in [0.25, 0.3) is 10.9 Å². The van der Waals surface area contributed by atoms with E-state index >= 15 is 0 Å². The lowest BCUT2D eigenvalue weighted by atomic mass is 10.1. The average molecular weight is 434 g/mol. The number of rotatable bonds is 9. The number of H-pyrrole nitrogens is 1. The lowest BCUT2D eigenvalue weighted by molar-refractivity contribution is 0.194. The third kappa shape index (κ3) is 6.07. The summed E-state index contributed by atoms with van der Waals surface area (Å²) in [4.78, 5) is 5.85. The first-order valence-corrected chi connectivity index (χ1v) is 14.0. The topological polar surface area (TPSA) is 52.0 Å². The molecule has 3 aromatic rings. The number of hydrogen-bond donors (Lipinski definition) is 1. The van der Waals surface area contributed by atoms with Gasteiger partial charge >= 0.3 is 0 Å². The molecule has 3 rings (SSSR count). The molecule has 0 aliphatic carbocycles. The largest absolute Gasteiger partial charge is 0.416 e. The zero-order chi connectivity index (χ0) is 22.5. The Kier molecular flexibility index (Phi) is 7.37. The van der Waals surface area contributed by atoms with Gasteiger partial charge in [-0.15, -0.1) is 0 Å². The molecule has 0 aliphatic rings. The monoisotopic (exact) mass is 433 g/mol. The van der Waals surface area contributed by atoms with Crippen LogP contribution in [0.4, 0.5) is 0 Å². The Balaban J connectivity index is 1.67. The van der Waals surface area contributed by atoms with Crippen molar-refractivity contribution < 1.29 is 4.43 Å². The van der Waals surface area contributed by atoms with Gasteiger partial charge in [0.2, 0.25) is 0 Å². The van der Waals surface area contributed by atoms with Crippen molar-refractivity contribution >= 4 is 19.2 Å². The Morgan fingerprint density at radius 1 is 1.03 bits per heavy atom. The summed E-state index contributed by atoms with van der Waals surface area (Å²) in [5.41, 5.74) is 4.48. The van der Waals surface area contributed by atoms with E-state index in [1.807, 2.05) is 12.1 Å². The maximum absolute atomic E-state index is 9.07. The molecule has 0 spiro atoms. The van der Waals surface area contributed by atoms with Gasteiger partial charge < -0.3 is 9.41 Å². The van der Waals surface area contributed by atoms with E-state index in [4.69, 9.17) is 9.69 Å². The number of nitriles is 1. The van der Waals surface area contributed by atoms with Gasteiger partial charge in [-0.25, -0.2) is 0 Å². The molecule has 1 heterocycles. The lowest BCUT2D eigenvalue weighted by Crippen LogP contribution is -2.43. The lowest BCUT2D eigenvalue weighted by Gasteiger charge is -2.37. The fraction of sp³-hybridized carbons (Fsp3) is 0.423. The molecule has 0 unspecified atom stereocenters. The number of benzene rings is 2. The molecule has 0 saturated carbocycles. The highest BCUT2D eigenvalue weighted by atomic mass is 28.4. The van der Waals surface area contributed by atoms with E-state index in [1.54, 1.807) is 0 Å². The molecule has 1 aromatic heterocycles. The normalized spacial score (nSPS) is 12.4. The molecule has 0 aliphatic heterocycles. The van der Waals surface area contributed by atoms with Gasteiger partial charge in [0.15, 0.2) is 8.32 Å². The van der Waals surface area contributed by atoms with E-state index < -0.39 is 8.32 Å². The molecule has 164 valence electrons. The first kappa shape index (κ1) is 23.3. The van der Waals surface area contributed by atoms with E-state index in [0.717, 1.165) is 32.7 Å². The van der Waals surface area contributed by atoms with Crippen LogP contribution < -0.4 is 0 Å². The van der Waals surface area contributed by atoms with Crippen LogP contribution in [-0.4, -0.2) is 37.9 Å². The summed E-state index contributed by atoms with van der Waals surface area (Å²) in [5.74, 6) is 0. The highest BCUT2D eigenvalue weighted by molar-refractivity contribution is 6.74. The van der Waals surface area contributed by atoms with Crippen LogP contribution in [0, 0.1) is 11.3 Å². The number of para-hydroxylation sites is 1. The second-order valence-electron chi connectivity index (χ2n) is 9.80. The first-order chi connectivity index (χ1) is 14.7. The van der Waals surface area contributed by atoms with Gasteiger partial charge in [0.1, 0.15) is 0 Å². The minimum absolute atomic E-state index is 0.217. The molecule has 0 amide bonds. The van der Waals surface area contributed by atoms with Crippen molar-refractivity contribution in [3.05, 3.63) is 71.4 Å². The predicted octanol–water partition coefficient (Wildman–Crippen LogP) is 6.11. The van der Waals surface area contributed by atoms with Gasteiger partial charge in [-0.2, -0.15) is 5.26 Å². The van der Waals surface area contributed by atoms with Gasteiger partial charge in [-0.1, -0.05) is 51.1 Å². The number of nitrogens with one attached hydrogen (secondary N) is 1. The number of hydrogen-bond acceptors (Lipinski definition) is 3. The van der Waals surface area contributed by atoms with E-state index in [1.165, 1.54) is 22.0 Å². The second-order valence-corrected chi connectivity index (χ2v) is 14.6. The van der Waals surface area contributed by atoms with Crippen LogP contribution in [0.5, 0.6) is 0 Å². The highest BCUT2D eigenvalue weighted by Gasteiger charge is 2.36. The smallest absolute Gasteiger partial charge is 0.192 e. The summed E-state index contributed by atoms with van der Waals surface area (Å²) < 4.78 is 6.45. The fourth-order valence-corrected chi connectivity index (χ4v) is 4.51. The van der Waals surface area contributed by atoms with Crippen molar-refractivity contribution in [2.75, 3.05) is 19.7 Å². The first-order valence-electron chi connectivity index (χ1n) is 11.1. The third-order valence-corrected chi connectivity index (χ3v) is 11.1. The number of aromatic nitrogens is 1. The Morgan fingerprint density at radius 3 is 2.42 bits per heavy atom. The molecule has 0 fully saturated rings. The van der Waals surface area contributed by atoms with Crippen molar-refractivity contribution in [2.45, 2.75) is 51.9 Å². The summed E-state index contributed by atoms with van der Waals surface area (Å²) >= 11 is 0. The number of aromatic amines is 1. The zero-order valence-electron chi connectivity index (χ0n) is 19.5. The Bertz CT molecular complexity index is 1030. The fourth-order valence-electron chi connectivity index (χ4n) is 3.48. The van der Waals surface area contributed by atoms with Crippen LogP contribution in [0.2, 0.25) is 18.1 Å². The van der Waals surface area contributed by atoms with Crippen LogP contribution in [-0.2, 0) is 17.4 Å². The van der Waals surface area contributed by atoms with Crippen molar-refractivity contribution in [1.29, 1.82) is 5.26 Å². The second kappa shape index (κ2) is 9.82. The zero-order valence-corrected chi connectivity index (χ0v) is 20.5. The minimum atomic E-state index is -1.76. The molecule has 0 atom stereocenters. The SMILES string of the molecule is CC(C)(C)[Si](C)(C)OCCN(CCc1c[nH]c2ccccc12)Cc1ccc(C#N)cc1. The van der Waals surface area contributed by atoms with E-state index in [-0.39, 0.29) is 5.04 Å². The van der Waals surface area contributed by atoms with Crippen molar-refractivity contribution in [1.82, 2.24) is 9.88 Å². The average Bonchev–Trinajstić information content (AvgIpc) is 3.14. The summed E-state index contributed by atoms with van der Waals surface area (Å²) in [5, 5.41) is 10.6. The van der Waals surface area contributed by atoms with Crippen LogP contribution >= 0.6 is 0 Å². The van der Waals surface area contributed by atoms with Crippen molar-refractivity contribution in [3.63, 3.8) is 0 Å². The summed E-state index contributed by atoms with van der Waals surface area (Å²) in [6, 6.07) is 18.6.